The average Bonchev–Trinajstić information content (AvgIpc) is 3.08. The zero-order valence-corrected chi connectivity index (χ0v) is 18.5. The van der Waals surface area contributed by atoms with E-state index in [0.717, 1.165) is 49.2 Å². The predicted octanol–water partition coefficient (Wildman–Crippen LogP) is 6.84. The molecule has 3 aromatic rings. The van der Waals surface area contributed by atoms with Crippen LogP contribution in [0.4, 0.5) is 0 Å². The minimum Gasteiger partial charge on any atom is -0.488 e. The largest absolute Gasteiger partial charge is 0.488 e. The van der Waals surface area contributed by atoms with Crippen molar-refractivity contribution in [3.8, 4) is 16.9 Å². The second-order valence-corrected chi connectivity index (χ2v) is 8.86. The smallest absolute Gasteiger partial charge is 0.303 e. The first-order valence-corrected chi connectivity index (χ1v) is 10.9. The average molecular weight is 429 g/mol. The van der Waals surface area contributed by atoms with Gasteiger partial charge in [-0.05, 0) is 66.6 Å². The number of hydrogen-bond acceptors (Lipinski definition) is 3. The van der Waals surface area contributed by atoms with Crippen LogP contribution in [0.5, 0.6) is 5.75 Å². The first-order valence-electron chi connectivity index (χ1n) is 9.70. The van der Waals surface area contributed by atoms with Crippen molar-refractivity contribution in [1.29, 1.82) is 0 Å². The molecule has 0 fully saturated rings. The summed E-state index contributed by atoms with van der Waals surface area (Å²) in [6.45, 7) is 6.62. The maximum atomic E-state index is 10.8. The van der Waals surface area contributed by atoms with Crippen LogP contribution in [0.1, 0.15) is 40.5 Å². The van der Waals surface area contributed by atoms with Crippen LogP contribution in [-0.4, -0.2) is 11.1 Å². The number of ether oxygens (including phenoxy) is 1. The Hall–Kier alpha value is -2.30. The first-order chi connectivity index (χ1) is 13.9. The van der Waals surface area contributed by atoms with Gasteiger partial charge in [0.1, 0.15) is 12.4 Å². The molecule has 5 heteroatoms. The van der Waals surface area contributed by atoms with Crippen molar-refractivity contribution >= 4 is 28.9 Å². The fraction of sp³-hybridized carbons (Fsp3) is 0.292. The van der Waals surface area contributed by atoms with Crippen LogP contribution in [0.3, 0.4) is 0 Å². The van der Waals surface area contributed by atoms with Crippen molar-refractivity contribution < 1.29 is 14.6 Å². The summed E-state index contributed by atoms with van der Waals surface area (Å²) in [5, 5.41) is 8.92. The van der Waals surface area contributed by atoms with Gasteiger partial charge in [0.2, 0.25) is 0 Å². The van der Waals surface area contributed by atoms with Crippen molar-refractivity contribution in [1.82, 2.24) is 0 Å². The van der Waals surface area contributed by atoms with Crippen molar-refractivity contribution in [2.45, 2.75) is 46.6 Å². The molecular weight excluding hydrogens is 404 g/mol. The van der Waals surface area contributed by atoms with Gasteiger partial charge in [-0.3, -0.25) is 4.79 Å². The lowest BCUT2D eigenvalue weighted by atomic mass is 9.99. The Kier molecular flexibility index (Phi) is 6.99. The van der Waals surface area contributed by atoms with Gasteiger partial charge in [0.05, 0.1) is 9.21 Å². The lowest BCUT2D eigenvalue weighted by molar-refractivity contribution is -0.136. The van der Waals surface area contributed by atoms with E-state index in [1.54, 1.807) is 0 Å². The van der Waals surface area contributed by atoms with Crippen molar-refractivity contribution in [3.05, 3.63) is 73.9 Å². The third kappa shape index (κ3) is 5.20. The molecule has 0 aliphatic rings. The zero-order chi connectivity index (χ0) is 21.0. The van der Waals surface area contributed by atoms with E-state index in [1.165, 1.54) is 16.9 Å². The summed E-state index contributed by atoms with van der Waals surface area (Å²) in [6, 6.07) is 14.5. The van der Waals surface area contributed by atoms with Crippen LogP contribution in [0.15, 0.2) is 42.5 Å². The Morgan fingerprint density at radius 1 is 1.10 bits per heavy atom. The van der Waals surface area contributed by atoms with E-state index >= 15 is 0 Å². The van der Waals surface area contributed by atoms with E-state index in [4.69, 9.17) is 21.4 Å². The second kappa shape index (κ2) is 9.47. The molecule has 0 aliphatic heterocycles. The van der Waals surface area contributed by atoms with Gasteiger partial charge in [0.15, 0.2) is 0 Å². The summed E-state index contributed by atoms with van der Waals surface area (Å²) >= 11 is 7.85. The van der Waals surface area contributed by atoms with Crippen LogP contribution in [-0.2, 0) is 24.2 Å². The highest BCUT2D eigenvalue weighted by Gasteiger charge is 2.13. The van der Waals surface area contributed by atoms with E-state index in [0.29, 0.717) is 13.0 Å². The number of thiophene rings is 1. The molecule has 152 valence electrons. The van der Waals surface area contributed by atoms with Gasteiger partial charge in [-0.2, -0.15) is 0 Å². The van der Waals surface area contributed by atoms with Gasteiger partial charge in [0.25, 0.3) is 0 Å². The molecule has 0 spiro atoms. The Balaban J connectivity index is 1.78. The number of halogens is 1. The second-order valence-electron chi connectivity index (χ2n) is 7.09. The molecule has 0 saturated carbocycles. The number of carboxylic acid groups (broad SMARTS) is 1. The Bertz CT molecular complexity index is 1010. The van der Waals surface area contributed by atoms with E-state index in [9.17, 15) is 4.79 Å². The minimum atomic E-state index is -0.781. The van der Waals surface area contributed by atoms with Gasteiger partial charge in [0, 0.05) is 12.0 Å². The number of benzene rings is 2. The summed E-state index contributed by atoms with van der Waals surface area (Å²) in [7, 11) is 0. The summed E-state index contributed by atoms with van der Waals surface area (Å²) in [6.07, 6.45) is 1.68. The van der Waals surface area contributed by atoms with Crippen LogP contribution in [0.2, 0.25) is 4.34 Å². The number of hydrogen-bond donors (Lipinski definition) is 1. The molecule has 29 heavy (non-hydrogen) atoms. The number of aryl methyl sites for hydroxylation is 2. The molecule has 0 radical (unpaired) electrons. The molecule has 0 unspecified atom stereocenters. The summed E-state index contributed by atoms with van der Waals surface area (Å²) in [4.78, 5) is 11.9. The SMILES string of the molecule is CCc1ccc(-c2cc(Cl)sc2COc2ccc(CCC(=O)O)c(C)c2C)cc1. The highest BCUT2D eigenvalue weighted by molar-refractivity contribution is 7.16. The third-order valence-corrected chi connectivity index (χ3v) is 6.51. The maximum absolute atomic E-state index is 10.8. The van der Waals surface area contributed by atoms with Crippen molar-refractivity contribution in [2.24, 2.45) is 0 Å². The molecule has 0 saturated heterocycles. The van der Waals surface area contributed by atoms with E-state index in [-0.39, 0.29) is 6.42 Å². The maximum Gasteiger partial charge on any atom is 0.303 e. The molecule has 0 atom stereocenters. The summed E-state index contributed by atoms with van der Waals surface area (Å²) in [5.41, 5.74) is 6.73. The molecule has 3 nitrogen and oxygen atoms in total. The van der Waals surface area contributed by atoms with Gasteiger partial charge < -0.3 is 9.84 Å². The number of aliphatic carboxylic acids is 1. The number of carboxylic acids is 1. The molecule has 1 heterocycles. The standard InChI is InChI=1S/C24H25ClO3S/c1-4-17-5-7-19(8-6-17)20-13-23(25)29-22(20)14-28-21-11-9-18(10-12-24(26)27)15(2)16(21)3/h5-9,11,13H,4,10,12,14H2,1-3H3,(H,26,27). The predicted molar refractivity (Wildman–Crippen MR) is 120 cm³/mol. The van der Waals surface area contributed by atoms with Crippen LogP contribution >= 0.6 is 22.9 Å². The third-order valence-electron chi connectivity index (χ3n) is 5.27. The topological polar surface area (TPSA) is 46.5 Å². The van der Waals surface area contributed by atoms with E-state index in [1.807, 2.05) is 32.0 Å². The quantitative estimate of drug-likeness (QED) is 0.427. The zero-order valence-electron chi connectivity index (χ0n) is 16.9. The Labute approximate surface area is 180 Å². The molecule has 0 aliphatic carbocycles. The van der Waals surface area contributed by atoms with Gasteiger partial charge in [-0.1, -0.05) is 48.9 Å². The monoisotopic (exact) mass is 428 g/mol. The number of carbonyl (C=O) groups is 1. The van der Waals surface area contributed by atoms with Crippen LogP contribution < -0.4 is 4.74 Å². The molecule has 3 rings (SSSR count). The van der Waals surface area contributed by atoms with Gasteiger partial charge >= 0.3 is 5.97 Å². The van der Waals surface area contributed by atoms with E-state index < -0.39 is 5.97 Å². The fourth-order valence-electron chi connectivity index (χ4n) is 3.33. The number of rotatable bonds is 8. The molecule has 1 aromatic heterocycles. The lowest BCUT2D eigenvalue weighted by Crippen LogP contribution is -2.02. The van der Waals surface area contributed by atoms with Gasteiger partial charge in [-0.15, -0.1) is 11.3 Å². The van der Waals surface area contributed by atoms with E-state index in [2.05, 4.69) is 31.2 Å². The molecule has 1 N–H and O–H groups in total. The first kappa shape index (κ1) is 21.4. The van der Waals surface area contributed by atoms with Crippen LogP contribution in [0, 0.1) is 13.8 Å². The van der Waals surface area contributed by atoms with Crippen molar-refractivity contribution in [3.63, 3.8) is 0 Å². The van der Waals surface area contributed by atoms with Gasteiger partial charge in [-0.25, -0.2) is 0 Å². The Morgan fingerprint density at radius 2 is 1.83 bits per heavy atom. The molecular formula is C24H25ClO3S. The fourth-order valence-corrected chi connectivity index (χ4v) is 4.54. The minimum absolute atomic E-state index is 0.133. The Morgan fingerprint density at radius 3 is 2.48 bits per heavy atom. The molecule has 2 aromatic carbocycles. The van der Waals surface area contributed by atoms with Crippen LogP contribution in [0.25, 0.3) is 11.1 Å². The highest BCUT2D eigenvalue weighted by atomic mass is 35.5. The summed E-state index contributed by atoms with van der Waals surface area (Å²) in [5.74, 6) is 0.0369. The lowest BCUT2D eigenvalue weighted by Gasteiger charge is -2.14. The highest BCUT2D eigenvalue weighted by Crippen LogP contribution is 2.36. The van der Waals surface area contributed by atoms with Crippen molar-refractivity contribution in [2.75, 3.05) is 0 Å². The summed E-state index contributed by atoms with van der Waals surface area (Å²) < 4.78 is 6.89. The molecule has 0 bridgehead atoms. The molecule has 0 amide bonds. The normalized spacial score (nSPS) is 10.9.